The molecule has 0 aliphatic heterocycles. The predicted molar refractivity (Wildman–Crippen MR) is 120 cm³/mol. The quantitative estimate of drug-likeness (QED) is 0.215. The SMILES string of the molecule is C/C(=C\CC[C@@H](C)[C@@H](OC(=O)Nc1ccc(F)cc1F)c1ccc(OCCO)cc1)C(=O)NO. The Labute approximate surface area is 196 Å². The molecule has 4 N–H and O–H groups in total. The van der Waals surface area contributed by atoms with Gasteiger partial charge in [-0.3, -0.25) is 15.3 Å². The van der Waals surface area contributed by atoms with Gasteiger partial charge in [0, 0.05) is 11.6 Å². The fourth-order valence-corrected chi connectivity index (χ4v) is 3.17. The van der Waals surface area contributed by atoms with Gasteiger partial charge in [0.05, 0.1) is 12.3 Å². The Kier molecular flexibility index (Phi) is 10.4. The van der Waals surface area contributed by atoms with E-state index in [1.165, 1.54) is 0 Å². The zero-order valence-electron chi connectivity index (χ0n) is 18.9. The number of ether oxygens (including phenoxy) is 2. The molecule has 0 saturated carbocycles. The number of benzene rings is 2. The van der Waals surface area contributed by atoms with Gasteiger partial charge < -0.3 is 14.6 Å². The van der Waals surface area contributed by atoms with E-state index in [9.17, 15) is 18.4 Å². The number of hydrogen-bond donors (Lipinski definition) is 4. The van der Waals surface area contributed by atoms with Crippen LogP contribution >= 0.6 is 0 Å². The number of anilines is 1. The molecule has 2 amide bonds. The number of hydrogen-bond acceptors (Lipinski definition) is 6. The maximum atomic E-state index is 13.9. The lowest BCUT2D eigenvalue weighted by molar-refractivity contribution is -0.125. The molecule has 0 aromatic heterocycles. The van der Waals surface area contributed by atoms with Crippen molar-refractivity contribution in [1.82, 2.24) is 5.48 Å². The van der Waals surface area contributed by atoms with Crippen LogP contribution in [0.1, 0.15) is 38.4 Å². The van der Waals surface area contributed by atoms with E-state index >= 15 is 0 Å². The Bertz CT molecular complexity index is 997. The second-order valence-electron chi connectivity index (χ2n) is 7.60. The Morgan fingerprint density at radius 2 is 1.85 bits per heavy atom. The Morgan fingerprint density at radius 3 is 2.47 bits per heavy atom. The van der Waals surface area contributed by atoms with Crippen LogP contribution in [0.15, 0.2) is 54.1 Å². The van der Waals surface area contributed by atoms with Gasteiger partial charge in [0.15, 0.2) is 0 Å². The van der Waals surface area contributed by atoms with Crippen molar-refractivity contribution in [3.05, 3.63) is 71.3 Å². The fraction of sp³-hybridized carbons (Fsp3) is 0.333. The van der Waals surface area contributed by atoms with Gasteiger partial charge in [-0.25, -0.2) is 19.1 Å². The van der Waals surface area contributed by atoms with Crippen LogP contribution in [0.3, 0.4) is 0 Å². The van der Waals surface area contributed by atoms with E-state index in [0.29, 0.717) is 35.8 Å². The normalized spacial score (nSPS) is 13.1. The van der Waals surface area contributed by atoms with Gasteiger partial charge in [0.2, 0.25) is 0 Å². The molecular formula is C24H28F2N2O6. The maximum Gasteiger partial charge on any atom is 0.412 e. The van der Waals surface area contributed by atoms with Crippen LogP contribution in [-0.2, 0) is 9.53 Å². The molecule has 10 heteroatoms. The van der Waals surface area contributed by atoms with E-state index in [0.717, 1.165) is 12.1 Å². The van der Waals surface area contributed by atoms with E-state index in [1.807, 2.05) is 6.92 Å². The van der Waals surface area contributed by atoms with Crippen molar-refractivity contribution in [1.29, 1.82) is 0 Å². The molecule has 2 atom stereocenters. The molecule has 0 aliphatic rings. The largest absolute Gasteiger partial charge is 0.491 e. The van der Waals surface area contributed by atoms with Crippen LogP contribution in [0.4, 0.5) is 19.3 Å². The minimum Gasteiger partial charge on any atom is -0.491 e. The highest BCUT2D eigenvalue weighted by Crippen LogP contribution is 2.31. The number of allylic oxidation sites excluding steroid dienone is 1. The third-order valence-electron chi connectivity index (χ3n) is 5.02. The average molecular weight is 478 g/mol. The van der Waals surface area contributed by atoms with Crippen LogP contribution in [0.25, 0.3) is 0 Å². The molecule has 0 unspecified atom stereocenters. The summed E-state index contributed by atoms with van der Waals surface area (Å²) in [5.41, 5.74) is 2.32. The first-order valence-corrected chi connectivity index (χ1v) is 10.6. The third-order valence-corrected chi connectivity index (χ3v) is 5.02. The summed E-state index contributed by atoms with van der Waals surface area (Å²) in [6, 6.07) is 9.51. The van der Waals surface area contributed by atoms with Crippen LogP contribution in [0, 0.1) is 17.6 Å². The van der Waals surface area contributed by atoms with Gasteiger partial charge in [-0.05, 0) is 55.5 Å². The fourth-order valence-electron chi connectivity index (χ4n) is 3.17. The van der Waals surface area contributed by atoms with Crippen molar-refractivity contribution >= 4 is 17.7 Å². The van der Waals surface area contributed by atoms with E-state index in [4.69, 9.17) is 19.8 Å². The smallest absolute Gasteiger partial charge is 0.412 e. The van der Waals surface area contributed by atoms with Gasteiger partial charge in [0.25, 0.3) is 5.91 Å². The first-order chi connectivity index (χ1) is 16.2. The minimum absolute atomic E-state index is 0.133. The van der Waals surface area contributed by atoms with E-state index in [-0.39, 0.29) is 24.8 Å². The molecule has 184 valence electrons. The van der Waals surface area contributed by atoms with Crippen molar-refractivity contribution in [3.63, 3.8) is 0 Å². The average Bonchev–Trinajstić information content (AvgIpc) is 2.82. The number of rotatable bonds is 11. The first-order valence-electron chi connectivity index (χ1n) is 10.6. The lowest BCUT2D eigenvalue weighted by Gasteiger charge is -2.25. The molecule has 0 saturated heterocycles. The Morgan fingerprint density at radius 1 is 1.15 bits per heavy atom. The number of aliphatic hydroxyl groups excluding tert-OH is 1. The summed E-state index contributed by atoms with van der Waals surface area (Å²) in [7, 11) is 0. The predicted octanol–water partition coefficient (Wildman–Crippen LogP) is 4.49. The maximum absolute atomic E-state index is 13.9. The molecule has 34 heavy (non-hydrogen) atoms. The van der Waals surface area contributed by atoms with Gasteiger partial charge in [-0.2, -0.15) is 0 Å². The minimum atomic E-state index is -0.935. The van der Waals surface area contributed by atoms with Gasteiger partial charge in [0.1, 0.15) is 30.1 Å². The molecule has 0 bridgehead atoms. The lowest BCUT2D eigenvalue weighted by Crippen LogP contribution is -2.22. The highest BCUT2D eigenvalue weighted by molar-refractivity contribution is 5.91. The number of hydroxylamine groups is 1. The first kappa shape index (κ1) is 26.7. The molecule has 0 fully saturated rings. The number of aliphatic hydroxyl groups is 1. The van der Waals surface area contributed by atoms with Crippen LogP contribution in [-0.4, -0.2) is 35.5 Å². The molecule has 0 radical (unpaired) electrons. The highest BCUT2D eigenvalue weighted by atomic mass is 19.1. The van der Waals surface area contributed by atoms with E-state index < -0.39 is 29.7 Å². The van der Waals surface area contributed by atoms with Crippen LogP contribution < -0.4 is 15.5 Å². The van der Waals surface area contributed by atoms with E-state index in [1.54, 1.807) is 42.7 Å². The zero-order chi connectivity index (χ0) is 25.1. The van der Waals surface area contributed by atoms with Crippen molar-refractivity contribution in [2.24, 2.45) is 5.92 Å². The second kappa shape index (κ2) is 13.3. The Hall–Kier alpha value is -3.50. The standard InChI is InChI=1S/C24H28F2N2O6/c1-15(4-3-5-16(2)23(30)28-32)22(17-6-9-19(10-7-17)33-13-12-29)34-24(31)27-21-11-8-18(25)14-20(21)26/h5-11,14-15,22,29,32H,3-4,12-13H2,1-2H3,(H,27,31)(H,28,30)/b16-5+/t15-,22-/m1/s1. The summed E-state index contributed by atoms with van der Waals surface area (Å²) in [4.78, 5) is 23.9. The zero-order valence-corrected chi connectivity index (χ0v) is 18.9. The number of nitrogens with one attached hydrogen (secondary N) is 2. The van der Waals surface area contributed by atoms with Gasteiger partial charge in [-0.15, -0.1) is 0 Å². The molecule has 0 spiro atoms. The summed E-state index contributed by atoms with van der Waals surface area (Å²) >= 11 is 0. The summed E-state index contributed by atoms with van der Waals surface area (Å²) < 4.78 is 38.0. The van der Waals surface area contributed by atoms with Crippen molar-refractivity contribution in [3.8, 4) is 5.75 Å². The number of carbonyl (C=O) groups excluding carboxylic acids is 2. The highest BCUT2D eigenvalue weighted by Gasteiger charge is 2.24. The lowest BCUT2D eigenvalue weighted by atomic mass is 9.92. The van der Waals surface area contributed by atoms with Crippen molar-refractivity contribution < 1.29 is 38.2 Å². The Balaban J connectivity index is 2.16. The van der Waals surface area contributed by atoms with Gasteiger partial charge >= 0.3 is 6.09 Å². The third kappa shape index (κ3) is 8.13. The summed E-state index contributed by atoms with van der Waals surface area (Å²) in [5, 5.41) is 19.9. The molecule has 0 aliphatic carbocycles. The van der Waals surface area contributed by atoms with E-state index in [2.05, 4.69) is 5.32 Å². The van der Waals surface area contributed by atoms with Crippen LogP contribution in [0.5, 0.6) is 5.75 Å². The molecule has 0 heterocycles. The summed E-state index contributed by atoms with van der Waals surface area (Å²) in [5.74, 6) is -2.02. The second-order valence-corrected chi connectivity index (χ2v) is 7.60. The molecular weight excluding hydrogens is 450 g/mol. The summed E-state index contributed by atoms with van der Waals surface area (Å²) in [6.45, 7) is 3.40. The van der Waals surface area contributed by atoms with Crippen LogP contribution in [0.2, 0.25) is 0 Å². The van der Waals surface area contributed by atoms with Crippen molar-refractivity contribution in [2.45, 2.75) is 32.8 Å². The summed E-state index contributed by atoms with van der Waals surface area (Å²) in [6.07, 6.45) is 0.970. The molecule has 2 aromatic carbocycles. The topological polar surface area (TPSA) is 117 Å². The number of amides is 2. The molecule has 2 rings (SSSR count). The van der Waals surface area contributed by atoms with Gasteiger partial charge in [-0.1, -0.05) is 25.1 Å². The molecule has 2 aromatic rings. The molecule has 8 nitrogen and oxygen atoms in total. The number of carbonyl (C=O) groups is 2. The van der Waals surface area contributed by atoms with Crippen molar-refractivity contribution in [2.75, 3.05) is 18.5 Å². The monoisotopic (exact) mass is 478 g/mol. The number of halogens is 2.